The van der Waals surface area contributed by atoms with Crippen LogP contribution in [0, 0.1) is 17.2 Å². The van der Waals surface area contributed by atoms with Gasteiger partial charge in [-0.1, -0.05) is 71.0 Å². The highest BCUT2D eigenvalue weighted by Crippen LogP contribution is 2.37. The molecule has 2 rings (SSSR count). The molecule has 0 saturated heterocycles. The summed E-state index contributed by atoms with van der Waals surface area (Å²) in [5.41, 5.74) is 1.15. The highest BCUT2D eigenvalue weighted by molar-refractivity contribution is 9.10. The Morgan fingerprint density at radius 3 is 2.35 bits per heavy atom. The molecule has 26 heavy (non-hydrogen) atoms. The van der Waals surface area contributed by atoms with Gasteiger partial charge in [0.05, 0.1) is 12.7 Å². The Morgan fingerprint density at radius 1 is 1.15 bits per heavy atom. The van der Waals surface area contributed by atoms with Crippen LogP contribution in [0.2, 0.25) is 0 Å². The van der Waals surface area contributed by atoms with Gasteiger partial charge in [0.25, 0.3) is 0 Å². The minimum Gasteiger partial charge on any atom is -0.465 e. The molecule has 5 heteroatoms. The number of hydrogen-bond donors (Lipinski definition) is 0. The molecule has 0 bridgehead atoms. The zero-order chi connectivity index (χ0) is 19.1. The smallest absolute Gasteiger partial charge is 0.317 e. The Morgan fingerprint density at radius 2 is 1.77 bits per heavy atom. The quantitative estimate of drug-likeness (QED) is 0.287. The molecule has 2 unspecified atom stereocenters. The van der Waals surface area contributed by atoms with Gasteiger partial charge in [0, 0.05) is 21.5 Å². The molecule has 132 valence electrons. The lowest BCUT2D eigenvalue weighted by atomic mass is 9.77. The van der Waals surface area contributed by atoms with E-state index < -0.39 is 23.6 Å². The first-order valence-electron chi connectivity index (χ1n) is 8.10. The van der Waals surface area contributed by atoms with Crippen LogP contribution in [0.4, 0.5) is 0 Å². The predicted octanol–water partition coefficient (Wildman–Crippen LogP) is 4.67. The summed E-state index contributed by atoms with van der Waals surface area (Å²) < 4.78 is 5.85. The first kappa shape index (κ1) is 19.6. The van der Waals surface area contributed by atoms with Crippen LogP contribution < -0.4 is 0 Å². The van der Waals surface area contributed by atoms with Crippen molar-refractivity contribution in [3.63, 3.8) is 0 Å². The monoisotopic (exact) mass is 411 g/mol. The molecule has 0 aliphatic carbocycles. The van der Waals surface area contributed by atoms with E-state index in [4.69, 9.17) is 4.74 Å². The second-order valence-electron chi connectivity index (χ2n) is 5.60. The first-order valence-corrected chi connectivity index (χ1v) is 8.89. The topological polar surface area (TPSA) is 67.2 Å². The maximum absolute atomic E-state index is 13.1. The van der Waals surface area contributed by atoms with Gasteiger partial charge in [0.15, 0.2) is 5.78 Å². The molecule has 0 aliphatic rings. The van der Waals surface area contributed by atoms with Crippen molar-refractivity contribution < 1.29 is 14.3 Å². The molecule has 2 atom stereocenters. The standard InChI is InChI=1S/C21H18BrNO3/c1-3-26-21(25)19(20(24)15-9-5-4-6-10-15)18(14(2)13-23)16-11-7-8-12-17(16)22/h4-12,18-19H,2-3H2,1H3. The van der Waals surface area contributed by atoms with Crippen molar-refractivity contribution in [1.82, 2.24) is 0 Å². The minimum atomic E-state index is -1.19. The molecular weight excluding hydrogens is 394 g/mol. The van der Waals surface area contributed by atoms with Gasteiger partial charge in [-0.25, -0.2) is 0 Å². The summed E-state index contributed by atoms with van der Waals surface area (Å²) in [6.07, 6.45) is 0. The van der Waals surface area contributed by atoms with E-state index in [9.17, 15) is 14.9 Å². The van der Waals surface area contributed by atoms with Gasteiger partial charge in [0.1, 0.15) is 5.92 Å². The number of esters is 1. The Balaban J connectivity index is 2.61. The third-order valence-electron chi connectivity index (χ3n) is 3.97. The molecule has 0 saturated carbocycles. The number of carbonyl (C=O) groups excluding carboxylic acids is 2. The van der Waals surface area contributed by atoms with Crippen LogP contribution in [0.1, 0.15) is 28.8 Å². The Kier molecular flexibility index (Phi) is 6.88. The largest absolute Gasteiger partial charge is 0.465 e. The summed E-state index contributed by atoms with van der Waals surface area (Å²) in [5, 5.41) is 9.44. The van der Waals surface area contributed by atoms with Crippen LogP contribution in [-0.4, -0.2) is 18.4 Å². The van der Waals surface area contributed by atoms with Gasteiger partial charge in [-0.3, -0.25) is 9.59 Å². The Labute approximate surface area is 161 Å². The molecule has 0 spiro atoms. The summed E-state index contributed by atoms with van der Waals surface area (Å²) in [6, 6.07) is 17.7. The number of halogens is 1. The highest BCUT2D eigenvalue weighted by Gasteiger charge is 2.39. The summed E-state index contributed by atoms with van der Waals surface area (Å²) in [4.78, 5) is 25.8. The van der Waals surface area contributed by atoms with E-state index in [1.54, 1.807) is 55.5 Å². The second kappa shape index (κ2) is 9.12. The SMILES string of the molecule is C=C(C#N)C(c1ccccc1Br)C(C(=O)OCC)C(=O)c1ccccc1. The van der Waals surface area contributed by atoms with Crippen LogP contribution in [0.3, 0.4) is 0 Å². The molecule has 0 aliphatic heterocycles. The fourth-order valence-corrected chi connectivity index (χ4v) is 3.31. The van der Waals surface area contributed by atoms with Crippen LogP contribution in [0.25, 0.3) is 0 Å². The summed E-state index contributed by atoms with van der Waals surface area (Å²) >= 11 is 3.44. The Bertz CT molecular complexity index is 855. The number of carbonyl (C=O) groups is 2. The van der Waals surface area contributed by atoms with E-state index in [1.165, 1.54) is 0 Å². The lowest BCUT2D eigenvalue weighted by molar-refractivity contribution is -0.146. The third kappa shape index (κ3) is 4.27. The van der Waals surface area contributed by atoms with Crippen molar-refractivity contribution in [3.8, 4) is 6.07 Å². The average Bonchev–Trinajstić information content (AvgIpc) is 2.66. The van der Waals surface area contributed by atoms with Crippen LogP contribution in [-0.2, 0) is 9.53 Å². The van der Waals surface area contributed by atoms with Crippen LogP contribution in [0.15, 0.2) is 71.2 Å². The normalized spacial score (nSPS) is 12.5. The number of nitriles is 1. The average molecular weight is 412 g/mol. The van der Waals surface area contributed by atoms with Crippen molar-refractivity contribution in [2.75, 3.05) is 6.61 Å². The fourth-order valence-electron chi connectivity index (χ4n) is 2.77. The first-order chi connectivity index (χ1) is 12.5. The lowest BCUT2D eigenvalue weighted by Gasteiger charge is -2.25. The zero-order valence-corrected chi connectivity index (χ0v) is 15.9. The molecule has 2 aromatic carbocycles. The summed E-state index contributed by atoms with van der Waals surface area (Å²) in [7, 11) is 0. The molecule has 0 amide bonds. The molecular formula is C21H18BrNO3. The van der Waals surface area contributed by atoms with E-state index >= 15 is 0 Å². The maximum Gasteiger partial charge on any atom is 0.317 e. The molecule has 2 aromatic rings. The van der Waals surface area contributed by atoms with Gasteiger partial charge in [-0.05, 0) is 18.6 Å². The molecule has 4 nitrogen and oxygen atoms in total. The van der Waals surface area contributed by atoms with Crippen molar-refractivity contribution in [2.45, 2.75) is 12.8 Å². The van der Waals surface area contributed by atoms with Crippen molar-refractivity contribution in [3.05, 3.63) is 82.3 Å². The fraction of sp³-hybridized carbons (Fsp3) is 0.190. The van der Waals surface area contributed by atoms with E-state index in [0.29, 0.717) is 15.6 Å². The number of Topliss-reactive ketones (excluding diaryl/α,β-unsaturated/α-hetero) is 1. The molecule has 0 heterocycles. The number of nitrogens with zero attached hydrogens (tertiary/aromatic N) is 1. The predicted molar refractivity (Wildman–Crippen MR) is 103 cm³/mol. The molecule has 0 radical (unpaired) electrons. The number of ether oxygens (including phenoxy) is 1. The number of benzene rings is 2. The van der Waals surface area contributed by atoms with Crippen molar-refractivity contribution in [2.24, 2.45) is 5.92 Å². The number of rotatable bonds is 7. The maximum atomic E-state index is 13.1. The van der Waals surface area contributed by atoms with Gasteiger partial charge in [0.2, 0.25) is 0 Å². The van der Waals surface area contributed by atoms with Gasteiger partial charge in [-0.15, -0.1) is 0 Å². The summed E-state index contributed by atoms with van der Waals surface area (Å²) in [5.74, 6) is -3.08. The molecule has 0 aromatic heterocycles. The zero-order valence-electron chi connectivity index (χ0n) is 14.3. The third-order valence-corrected chi connectivity index (χ3v) is 4.70. The molecule has 0 N–H and O–H groups in total. The van der Waals surface area contributed by atoms with Crippen LogP contribution >= 0.6 is 15.9 Å². The van der Waals surface area contributed by atoms with Gasteiger partial charge in [-0.2, -0.15) is 5.26 Å². The number of hydrogen-bond acceptors (Lipinski definition) is 4. The second-order valence-corrected chi connectivity index (χ2v) is 6.45. The van der Waals surface area contributed by atoms with Crippen molar-refractivity contribution in [1.29, 1.82) is 5.26 Å². The van der Waals surface area contributed by atoms with Gasteiger partial charge < -0.3 is 4.74 Å². The van der Waals surface area contributed by atoms with E-state index in [1.807, 2.05) is 12.1 Å². The molecule has 0 fully saturated rings. The summed E-state index contributed by atoms with van der Waals surface area (Å²) in [6.45, 7) is 5.60. The highest BCUT2D eigenvalue weighted by atomic mass is 79.9. The van der Waals surface area contributed by atoms with E-state index in [2.05, 4.69) is 22.5 Å². The van der Waals surface area contributed by atoms with Gasteiger partial charge >= 0.3 is 5.97 Å². The van der Waals surface area contributed by atoms with E-state index in [0.717, 1.165) is 0 Å². The van der Waals surface area contributed by atoms with Crippen molar-refractivity contribution >= 4 is 27.7 Å². The van der Waals surface area contributed by atoms with Crippen LogP contribution in [0.5, 0.6) is 0 Å². The lowest BCUT2D eigenvalue weighted by Crippen LogP contribution is -2.33. The minimum absolute atomic E-state index is 0.124. The number of allylic oxidation sites excluding steroid dienone is 1. The number of ketones is 1. The Hall–Kier alpha value is -2.71. The van der Waals surface area contributed by atoms with E-state index in [-0.39, 0.29) is 12.2 Å².